The number of nitrogens with zero attached hydrogens (tertiary/aromatic N) is 4. The molecule has 0 radical (unpaired) electrons. The summed E-state index contributed by atoms with van der Waals surface area (Å²) in [5.41, 5.74) is 1.67. The average molecular weight is 449 g/mol. The van der Waals surface area contributed by atoms with Crippen molar-refractivity contribution in [1.82, 2.24) is 15.1 Å². The average Bonchev–Trinajstić information content (AvgIpc) is 3.32. The third-order valence-corrected chi connectivity index (χ3v) is 6.77. The summed E-state index contributed by atoms with van der Waals surface area (Å²) in [7, 11) is 0. The number of rotatable bonds is 4. The number of urea groups is 1. The fraction of sp³-hybridized carbons (Fsp3) is 0.348. The molecule has 2 aromatic rings. The minimum atomic E-state index is -1.07. The zero-order chi connectivity index (χ0) is 23.2. The molecule has 2 heterocycles. The van der Waals surface area contributed by atoms with Gasteiger partial charge in [-0.15, -0.1) is 0 Å². The number of hydrogen-bond donors (Lipinski definition) is 1. The SMILES string of the molecule is O=C(CN1C(=O)NC2(CCc3ccccc32)C1=O)N1CCN(c2ccc([N+](=O)[O-])cc2)CC1. The third kappa shape index (κ3) is 3.47. The van der Waals surface area contributed by atoms with E-state index in [9.17, 15) is 24.5 Å². The van der Waals surface area contributed by atoms with Gasteiger partial charge in [0.1, 0.15) is 12.1 Å². The molecule has 1 unspecified atom stereocenters. The summed E-state index contributed by atoms with van der Waals surface area (Å²) >= 11 is 0. The number of carbonyl (C=O) groups is 3. The van der Waals surface area contributed by atoms with Gasteiger partial charge in [0, 0.05) is 44.0 Å². The van der Waals surface area contributed by atoms with Crippen LogP contribution < -0.4 is 10.2 Å². The monoisotopic (exact) mass is 449 g/mol. The van der Waals surface area contributed by atoms with Gasteiger partial charge in [0.15, 0.2) is 0 Å². The topological polar surface area (TPSA) is 116 Å². The van der Waals surface area contributed by atoms with E-state index >= 15 is 0 Å². The molecule has 0 aromatic heterocycles. The molecule has 33 heavy (non-hydrogen) atoms. The van der Waals surface area contributed by atoms with Gasteiger partial charge in [-0.3, -0.25) is 24.6 Å². The Morgan fingerprint density at radius 2 is 1.73 bits per heavy atom. The highest BCUT2D eigenvalue weighted by Crippen LogP contribution is 2.41. The van der Waals surface area contributed by atoms with Gasteiger partial charge in [0.2, 0.25) is 5.91 Å². The van der Waals surface area contributed by atoms with Gasteiger partial charge in [0.25, 0.3) is 11.6 Å². The molecule has 3 aliphatic rings. The summed E-state index contributed by atoms with van der Waals surface area (Å²) in [5.74, 6) is -0.638. The molecule has 1 atom stereocenters. The second-order valence-corrected chi connectivity index (χ2v) is 8.53. The molecule has 10 nitrogen and oxygen atoms in total. The smallest absolute Gasteiger partial charge is 0.325 e. The first-order valence-corrected chi connectivity index (χ1v) is 10.9. The van der Waals surface area contributed by atoms with Crippen molar-refractivity contribution in [2.75, 3.05) is 37.6 Å². The highest BCUT2D eigenvalue weighted by molar-refractivity contribution is 6.09. The van der Waals surface area contributed by atoms with Gasteiger partial charge in [0.05, 0.1) is 4.92 Å². The molecule has 2 aliphatic heterocycles. The largest absolute Gasteiger partial charge is 0.368 e. The van der Waals surface area contributed by atoms with Crippen LogP contribution in [0.25, 0.3) is 0 Å². The number of nitrogens with one attached hydrogen (secondary N) is 1. The number of amides is 4. The van der Waals surface area contributed by atoms with Crippen LogP contribution in [0.5, 0.6) is 0 Å². The van der Waals surface area contributed by atoms with Gasteiger partial charge in [-0.1, -0.05) is 24.3 Å². The van der Waals surface area contributed by atoms with Crippen LogP contribution in [0.15, 0.2) is 48.5 Å². The first-order valence-electron chi connectivity index (χ1n) is 10.9. The lowest BCUT2D eigenvalue weighted by Gasteiger charge is -2.36. The predicted molar refractivity (Wildman–Crippen MR) is 119 cm³/mol. The Kier molecular flexibility index (Phi) is 4.99. The summed E-state index contributed by atoms with van der Waals surface area (Å²) in [6.45, 7) is 1.70. The number of carbonyl (C=O) groups excluding carboxylic acids is 3. The Morgan fingerprint density at radius 1 is 1.03 bits per heavy atom. The van der Waals surface area contributed by atoms with Gasteiger partial charge in [-0.25, -0.2) is 4.79 Å². The molecule has 1 N–H and O–H groups in total. The lowest BCUT2D eigenvalue weighted by molar-refractivity contribution is -0.384. The standard InChI is InChI=1S/C23H23N5O5/c29-20(26-13-11-25(12-14-26)17-5-7-18(8-6-17)28(32)33)15-27-21(30)23(24-22(27)31)10-9-16-3-1-2-4-19(16)23/h1-8H,9-15H2,(H,24,31). The molecule has 1 aliphatic carbocycles. The molecular formula is C23H23N5O5. The summed E-state index contributed by atoms with van der Waals surface area (Å²) in [6.07, 6.45) is 1.20. The van der Waals surface area contributed by atoms with Crippen LogP contribution in [0, 0.1) is 10.1 Å². The minimum Gasteiger partial charge on any atom is -0.368 e. The Bertz CT molecular complexity index is 1140. The fourth-order valence-corrected chi connectivity index (χ4v) is 4.97. The van der Waals surface area contributed by atoms with E-state index in [1.807, 2.05) is 29.2 Å². The first kappa shape index (κ1) is 20.9. The van der Waals surface area contributed by atoms with Crippen molar-refractivity contribution in [2.24, 2.45) is 0 Å². The minimum absolute atomic E-state index is 0.0313. The summed E-state index contributed by atoms with van der Waals surface area (Å²) in [4.78, 5) is 53.9. The molecular weight excluding hydrogens is 426 g/mol. The van der Waals surface area contributed by atoms with Crippen molar-refractivity contribution >= 4 is 29.2 Å². The highest BCUT2D eigenvalue weighted by Gasteiger charge is 2.55. The Labute approximate surface area is 189 Å². The van der Waals surface area contributed by atoms with Crippen LogP contribution >= 0.6 is 0 Å². The number of nitro groups is 1. The predicted octanol–water partition coefficient (Wildman–Crippen LogP) is 1.64. The first-order chi connectivity index (χ1) is 15.9. The van der Waals surface area contributed by atoms with E-state index in [0.29, 0.717) is 39.0 Å². The molecule has 0 bridgehead atoms. The van der Waals surface area contributed by atoms with Crippen molar-refractivity contribution in [3.63, 3.8) is 0 Å². The Balaban J connectivity index is 1.22. The molecule has 5 rings (SSSR count). The highest BCUT2D eigenvalue weighted by atomic mass is 16.6. The number of benzene rings is 2. The van der Waals surface area contributed by atoms with E-state index in [-0.39, 0.29) is 24.0 Å². The van der Waals surface area contributed by atoms with Gasteiger partial charge >= 0.3 is 6.03 Å². The normalized spacial score (nSPS) is 22.0. The van der Waals surface area contributed by atoms with Crippen molar-refractivity contribution in [3.8, 4) is 0 Å². The lowest BCUT2D eigenvalue weighted by atomic mass is 9.92. The van der Waals surface area contributed by atoms with E-state index in [0.717, 1.165) is 21.7 Å². The molecule has 2 fully saturated rings. The van der Waals surface area contributed by atoms with Crippen LogP contribution in [0.3, 0.4) is 0 Å². The molecule has 170 valence electrons. The number of aryl methyl sites for hydroxylation is 1. The number of imide groups is 1. The Hall–Kier alpha value is -3.95. The summed E-state index contributed by atoms with van der Waals surface area (Å²) in [6, 6.07) is 13.4. The van der Waals surface area contributed by atoms with Crippen LogP contribution in [-0.4, -0.2) is 65.3 Å². The van der Waals surface area contributed by atoms with Gasteiger partial charge < -0.3 is 15.1 Å². The van der Waals surface area contributed by atoms with Gasteiger partial charge in [-0.2, -0.15) is 0 Å². The lowest BCUT2D eigenvalue weighted by Crippen LogP contribution is -2.52. The molecule has 0 saturated carbocycles. The second kappa shape index (κ2) is 7.88. The molecule has 2 aromatic carbocycles. The molecule has 4 amide bonds. The zero-order valence-electron chi connectivity index (χ0n) is 17.9. The maximum absolute atomic E-state index is 13.2. The van der Waals surface area contributed by atoms with E-state index in [1.165, 1.54) is 12.1 Å². The zero-order valence-corrected chi connectivity index (χ0v) is 17.9. The maximum Gasteiger partial charge on any atom is 0.325 e. The van der Waals surface area contributed by atoms with Gasteiger partial charge in [-0.05, 0) is 36.1 Å². The van der Waals surface area contributed by atoms with Crippen molar-refractivity contribution in [2.45, 2.75) is 18.4 Å². The van der Waals surface area contributed by atoms with E-state index in [4.69, 9.17) is 0 Å². The Morgan fingerprint density at radius 3 is 2.42 bits per heavy atom. The van der Waals surface area contributed by atoms with E-state index < -0.39 is 16.5 Å². The van der Waals surface area contributed by atoms with Crippen molar-refractivity contribution in [3.05, 3.63) is 69.8 Å². The van der Waals surface area contributed by atoms with Crippen LogP contribution in [0.4, 0.5) is 16.2 Å². The molecule has 10 heteroatoms. The second-order valence-electron chi connectivity index (χ2n) is 8.53. The van der Waals surface area contributed by atoms with Crippen LogP contribution in [0.2, 0.25) is 0 Å². The molecule has 1 spiro atoms. The third-order valence-electron chi connectivity index (χ3n) is 6.77. The van der Waals surface area contributed by atoms with E-state index in [1.54, 1.807) is 17.0 Å². The van der Waals surface area contributed by atoms with Crippen molar-refractivity contribution in [1.29, 1.82) is 0 Å². The number of fused-ring (bicyclic) bond motifs is 2. The number of piperazine rings is 1. The van der Waals surface area contributed by atoms with Crippen LogP contribution in [0.1, 0.15) is 17.5 Å². The number of anilines is 1. The number of non-ortho nitro benzene ring substituents is 1. The van der Waals surface area contributed by atoms with E-state index in [2.05, 4.69) is 5.32 Å². The maximum atomic E-state index is 13.2. The number of hydrogen-bond acceptors (Lipinski definition) is 6. The fourth-order valence-electron chi connectivity index (χ4n) is 4.97. The van der Waals surface area contributed by atoms with Crippen LogP contribution in [-0.2, 0) is 21.5 Å². The van der Waals surface area contributed by atoms with Crippen molar-refractivity contribution < 1.29 is 19.3 Å². The summed E-state index contributed by atoms with van der Waals surface area (Å²) < 4.78 is 0. The number of nitro benzene ring substituents is 1. The quantitative estimate of drug-likeness (QED) is 0.431. The molecule has 2 saturated heterocycles. The summed E-state index contributed by atoms with van der Waals surface area (Å²) in [5, 5.41) is 13.7.